The first-order valence-electron chi connectivity index (χ1n) is 7.56. The Balaban J connectivity index is 2.30. The normalized spacial score (nSPS) is 12.8. The van der Waals surface area contributed by atoms with Gasteiger partial charge in [0.1, 0.15) is 0 Å². The lowest BCUT2D eigenvalue weighted by Gasteiger charge is -2.25. The zero-order valence-corrected chi connectivity index (χ0v) is 15.8. The van der Waals surface area contributed by atoms with E-state index >= 15 is 0 Å². The Hall–Kier alpha value is -2.20. The number of nitrogens with zero attached hydrogens (tertiary/aromatic N) is 2. The van der Waals surface area contributed by atoms with Gasteiger partial charge in [-0.05, 0) is 37.9 Å². The highest BCUT2D eigenvalue weighted by molar-refractivity contribution is 7.89. The minimum atomic E-state index is -4.06. The van der Waals surface area contributed by atoms with Gasteiger partial charge in [0.05, 0.1) is 15.9 Å². The van der Waals surface area contributed by atoms with Crippen LogP contribution >= 0.6 is 11.6 Å². The number of halogens is 1. The number of nitro benzene ring substituents is 1. The van der Waals surface area contributed by atoms with Crippen molar-refractivity contribution in [3.63, 3.8) is 0 Å². The standard InChI is InChI=1S/C16H19ClN4O4S/c1-20(2)16(11-3-5-12(17)6-4-11)10-19-13-7-14(21(22)23)9-15(8-13)26(18,24)25/h3-9,16,19H,10H2,1-2H3,(H2,18,24,25). The van der Waals surface area contributed by atoms with E-state index in [1.165, 1.54) is 12.1 Å². The first kappa shape index (κ1) is 20.1. The third-order valence-electron chi connectivity index (χ3n) is 3.81. The smallest absolute Gasteiger partial charge is 0.272 e. The molecule has 26 heavy (non-hydrogen) atoms. The molecule has 2 aromatic rings. The van der Waals surface area contributed by atoms with Gasteiger partial charge in [-0.1, -0.05) is 23.7 Å². The van der Waals surface area contributed by atoms with Crippen molar-refractivity contribution in [2.24, 2.45) is 5.14 Å². The molecule has 0 radical (unpaired) electrons. The second kappa shape index (κ2) is 8.00. The van der Waals surface area contributed by atoms with E-state index in [9.17, 15) is 18.5 Å². The molecule has 0 aliphatic rings. The second-order valence-corrected chi connectivity index (χ2v) is 7.93. The summed E-state index contributed by atoms with van der Waals surface area (Å²) in [6, 6.07) is 10.7. The number of sulfonamides is 1. The van der Waals surface area contributed by atoms with Crippen molar-refractivity contribution in [1.82, 2.24) is 4.90 Å². The molecule has 0 spiro atoms. The van der Waals surface area contributed by atoms with Crippen LogP contribution < -0.4 is 10.5 Å². The molecule has 0 bridgehead atoms. The van der Waals surface area contributed by atoms with Crippen LogP contribution in [0.5, 0.6) is 0 Å². The number of primary sulfonamides is 1. The Morgan fingerprint density at radius 1 is 1.23 bits per heavy atom. The van der Waals surface area contributed by atoms with Crippen LogP contribution in [-0.2, 0) is 10.0 Å². The minimum Gasteiger partial charge on any atom is -0.383 e. The summed E-state index contributed by atoms with van der Waals surface area (Å²) >= 11 is 5.91. The van der Waals surface area contributed by atoms with Gasteiger partial charge < -0.3 is 10.2 Å². The van der Waals surface area contributed by atoms with Crippen LogP contribution in [0.1, 0.15) is 11.6 Å². The van der Waals surface area contributed by atoms with E-state index in [0.717, 1.165) is 11.6 Å². The number of likely N-dealkylation sites (N-methyl/N-ethyl adjacent to an activating group) is 1. The Morgan fingerprint density at radius 3 is 2.35 bits per heavy atom. The van der Waals surface area contributed by atoms with Crippen molar-refractivity contribution in [2.75, 3.05) is 26.0 Å². The van der Waals surface area contributed by atoms with Gasteiger partial charge in [0, 0.05) is 29.4 Å². The molecule has 2 aromatic carbocycles. The Bertz CT molecular complexity index is 901. The van der Waals surface area contributed by atoms with Crippen LogP contribution in [0.25, 0.3) is 0 Å². The van der Waals surface area contributed by atoms with Crippen LogP contribution in [0, 0.1) is 10.1 Å². The number of nitrogens with two attached hydrogens (primary N) is 1. The maximum absolute atomic E-state index is 11.6. The first-order chi connectivity index (χ1) is 12.1. The van der Waals surface area contributed by atoms with Crippen LogP contribution in [-0.4, -0.2) is 38.9 Å². The van der Waals surface area contributed by atoms with Crippen LogP contribution in [0.4, 0.5) is 11.4 Å². The number of hydrogen-bond donors (Lipinski definition) is 2. The van der Waals surface area contributed by atoms with Gasteiger partial charge in [0.25, 0.3) is 5.69 Å². The summed E-state index contributed by atoms with van der Waals surface area (Å²) < 4.78 is 23.1. The molecule has 0 aliphatic carbocycles. The van der Waals surface area contributed by atoms with Crippen molar-refractivity contribution in [3.05, 3.63) is 63.2 Å². The molecule has 2 rings (SSSR count). The quantitative estimate of drug-likeness (QED) is 0.546. The van der Waals surface area contributed by atoms with Crippen molar-refractivity contribution < 1.29 is 13.3 Å². The van der Waals surface area contributed by atoms with Gasteiger partial charge in [-0.2, -0.15) is 0 Å². The highest BCUT2D eigenvalue weighted by Gasteiger charge is 2.18. The summed E-state index contributed by atoms with van der Waals surface area (Å²) in [7, 11) is -0.277. The van der Waals surface area contributed by atoms with E-state index < -0.39 is 14.9 Å². The largest absolute Gasteiger partial charge is 0.383 e. The number of nitro groups is 1. The summed E-state index contributed by atoms with van der Waals surface area (Å²) in [5, 5.41) is 19.8. The third kappa shape index (κ3) is 5.15. The summed E-state index contributed by atoms with van der Waals surface area (Å²) in [4.78, 5) is 12.0. The summed E-state index contributed by atoms with van der Waals surface area (Å²) in [5.74, 6) is 0. The number of hydrogen-bond acceptors (Lipinski definition) is 6. The van der Waals surface area contributed by atoms with E-state index in [4.69, 9.17) is 16.7 Å². The highest BCUT2D eigenvalue weighted by Crippen LogP contribution is 2.25. The molecule has 140 valence electrons. The first-order valence-corrected chi connectivity index (χ1v) is 9.48. The Labute approximate surface area is 156 Å². The molecule has 0 heterocycles. The molecule has 0 aliphatic heterocycles. The maximum Gasteiger partial charge on any atom is 0.272 e. The van der Waals surface area contributed by atoms with E-state index in [-0.39, 0.29) is 16.6 Å². The number of non-ortho nitro benzene ring substituents is 1. The van der Waals surface area contributed by atoms with Gasteiger partial charge >= 0.3 is 0 Å². The van der Waals surface area contributed by atoms with Crippen molar-refractivity contribution >= 4 is 33.0 Å². The molecular weight excluding hydrogens is 380 g/mol. The zero-order chi connectivity index (χ0) is 19.5. The fourth-order valence-corrected chi connectivity index (χ4v) is 3.16. The molecule has 0 fully saturated rings. The van der Waals surface area contributed by atoms with Crippen LogP contribution in [0.3, 0.4) is 0 Å². The second-order valence-electron chi connectivity index (χ2n) is 5.93. The van der Waals surface area contributed by atoms with Crippen molar-refractivity contribution in [3.8, 4) is 0 Å². The summed E-state index contributed by atoms with van der Waals surface area (Å²) in [5.41, 5.74) is 0.931. The zero-order valence-electron chi connectivity index (χ0n) is 14.2. The lowest BCUT2D eigenvalue weighted by molar-refractivity contribution is -0.385. The summed E-state index contributed by atoms with van der Waals surface area (Å²) in [6.45, 7) is 0.389. The minimum absolute atomic E-state index is 0.0653. The topological polar surface area (TPSA) is 119 Å². The SMILES string of the molecule is CN(C)C(CNc1cc([N+](=O)[O-])cc(S(N)(=O)=O)c1)c1ccc(Cl)cc1. The van der Waals surface area contributed by atoms with E-state index in [2.05, 4.69) is 5.32 Å². The molecule has 3 N–H and O–H groups in total. The third-order valence-corrected chi connectivity index (χ3v) is 4.95. The molecule has 0 amide bonds. The fraction of sp³-hybridized carbons (Fsp3) is 0.250. The molecule has 1 atom stereocenters. The van der Waals surface area contributed by atoms with Crippen LogP contribution in [0.2, 0.25) is 5.02 Å². The maximum atomic E-state index is 11.6. The molecule has 10 heteroatoms. The number of rotatable bonds is 7. The molecule has 0 saturated carbocycles. The predicted molar refractivity (Wildman–Crippen MR) is 101 cm³/mol. The average molecular weight is 399 g/mol. The Kier molecular flexibility index (Phi) is 6.19. The number of anilines is 1. The van der Waals surface area contributed by atoms with E-state index in [1.807, 2.05) is 31.1 Å². The Morgan fingerprint density at radius 2 is 1.85 bits per heavy atom. The van der Waals surface area contributed by atoms with Crippen LogP contribution in [0.15, 0.2) is 47.4 Å². The van der Waals surface area contributed by atoms with Crippen molar-refractivity contribution in [1.29, 1.82) is 0 Å². The molecule has 8 nitrogen and oxygen atoms in total. The fourth-order valence-electron chi connectivity index (χ4n) is 2.45. The lowest BCUT2D eigenvalue weighted by atomic mass is 10.1. The van der Waals surface area contributed by atoms with Gasteiger partial charge in [-0.25, -0.2) is 13.6 Å². The average Bonchev–Trinajstić information content (AvgIpc) is 2.55. The highest BCUT2D eigenvalue weighted by atomic mass is 35.5. The van der Waals surface area contributed by atoms with Gasteiger partial charge in [0.2, 0.25) is 10.0 Å². The van der Waals surface area contributed by atoms with E-state index in [0.29, 0.717) is 17.3 Å². The molecule has 1 unspecified atom stereocenters. The number of nitrogens with one attached hydrogen (secondary N) is 1. The lowest BCUT2D eigenvalue weighted by Crippen LogP contribution is -2.27. The summed E-state index contributed by atoms with van der Waals surface area (Å²) in [6.07, 6.45) is 0. The predicted octanol–water partition coefficient (Wildman–Crippen LogP) is 2.61. The van der Waals surface area contributed by atoms with E-state index in [1.54, 1.807) is 12.1 Å². The molecule has 0 aromatic heterocycles. The van der Waals surface area contributed by atoms with Gasteiger partial charge in [0.15, 0.2) is 0 Å². The number of benzene rings is 2. The molecule has 0 saturated heterocycles. The monoisotopic (exact) mass is 398 g/mol. The van der Waals surface area contributed by atoms with Crippen molar-refractivity contribution in [2.45, 2.75) is 10.9 Å². The molecular formula is C16H19ClN4O4S. The van der Waals surface area contributed by atoms with Gasteiger partial charge in [-0.3, -0.25) is 10.1 Å². The van der Waals surface area contributed by atoms with Gasteiger partial charge in [-0.15, -0.1) is 0 Å².